The summed E-state index contributed by atoms with van der Waals surface area (Å²) < 4.78 is 7.48. The lowest BCUT2D eigenvalue weighted by Gasteiger charge is -2.27. The van der Waals surface area contributed by atoms with Crippen LogP contribution in [0.2, 0.25) is 0 Å². The van der Waals surface area contributed by atoms with Crippen LogP contribution in [0, 0.1) is 0 Å². The fraction of sp³-hybridized carbons (Fsp3) is 0.615. The molecule has 0 aliphatic heterocycles. The summed E-state index contributed by atoms with van der Waals surface area (Å²) in [6.07, 6.45) is 8.68. The lowest BCUT2D eigenvalue weighted by atomic mass is 10.1. The standard InChI is InChI=1S/C13H19N5OS/c1-19-11-9-10(15-8-16-11)18(12(14)17-9)7-13(20-2)5-3-4-6-13/h8H,3-7H2,1-2H3,(H2,14,17). The van der Waals surface area contributed by atoms with E-state index in [1.165, 1.54) is 32.0 Å². The maximum Gasteiger partial charge on any atom is 0.245 e. The summed E-state index contributed by atoms with van der Waals surface area (Å²) in [4.78, 5) is 12.8. The summed E-state index contributed by atoms with van der Waals surface area (Å²) in [6, 6.07) is 0. The molecule has 0 atom stereocenters. The van der Waals surface area contributed by atoms with Gasteiger partial charge in [0.15, 0.2) is 11.2 Å². The molecule has 1 aliphatic carbocycles. The first-order chi connectivity index (χ1) is 9.69. The fourth-order valence-corrected chi connectivity index (χ4v) is 3.93. The van der Waals surface area contributed by atoms with Crippen LogP contribution in [0.4, 0.5) is 5.95 Å². The van der Waals surface area contributed by atoms with Crippen molar-refractivity contribution in [2.45, 2.75) is 37.0 Å². The van der Waals surface area contributed by atoms with Crippen molar-refractivity contribution in [2.24, 2.45) is 0 Å². The molecule has 0 aromatic carbocycles. The first-order valence-electron chi connectivity index (χ1n) is 6.75. The normalized spacial score (nSPS) is 17.7. The molecule has 0 unspecified atom stereocenters. The number of fused-ring (bicyclic) bond motifs is 1. The molecular weight excluding hydrogens is 274 g/mol. The van der Waals surface area contributed by atoms with Gasteiger partial charge in [0, 0.05) is 11.3 Å². The Labute approximate surface area is 122 Å². The first-order valence-corrected chi connectivity index (χ1v) is 7.97. The van der Waals surface area contributed by atoms with Gasteiger partial charge in [0.1, 0.15) is 6.33 Å². The Morgan fingerprint density at radius 2 is 2.15 bits per heavy atom. The molecule has 2 heterocycles. The highest BCUT2D eigenvalue weighted by atomic mass is 32.2. The van der Waals surface area contributed by atoms with Crippen molar-refractivity contribution in [1.29, 1.82) is 0 Å². The number of ether oxygens (including phenoxy) is 1. The third-order valence-electron chi connectivity index (χ3n) is 4.12. The Morgan fingerprint density at radius 3 is 2.80 bits per heavy atom. The van der Waals surface area contributed by atoms with E-state index < -0.39 is 0 Å². The van der Waals surface area contributed by atoms with E-state index in [0.29, 0.717) is 17.3 Å². The van der Waals surface area contributed by atoms with Crippen molar-refractivity contribution in [1.82, 2.24) is 19.5 Å². The monoisotopic (exact) mass is 293 g/mol. The second kappa shape index (κ2) is 5.12. The number of hydrogen-bond donors (Lipinski definition) is 1. The van der Waals surface area contributed by atoms with Gasteiger partial charge in [-0.2, -0.15) is 16.7 Å². The number of nitrogens with zero attached hydrogens (tertiary/aromatic N) is 4. The van der Waals surface area contributed by atoms with Crippen LogP contribution in [0.3, 0.4) is 0 Å². The molecule has 0 bridgehead atoms. The Morgan fingerprint density at radius 1 is 1.40 bits per heavy atom. The maximum atomic E-state index is 6.09. The quantitative estimate of drug-likeness (QED) is 0.930. The van der Waals surface area contributed by atoms with Crippen LogP contribution in [0.5, 0.6) is 5.88 Å². The molecule has 0 amide bonds. The number of aromatic nitrogens is 4. The zero-order chi connectivity index (χ0) is 14.2. The van der Waals surface area contributed by atoms with E-state index in [2.05, 4.69) is 21.2 Å². The molecule has 1 aliphatic rings. The van der Waals surface area contributed by atoms with E-state index in [1.807, 2.05) is 16.3 Å². The molecule has 0 spiro atoms. The van der Waals surface area contributed by atoms with Gasteiger partial charge in [-0.1, -0.05) is 12.8 Å². The molecule has 7 heteroatoms. The zero-order valence-corrected chi connectivity index (χ0v) is 12.6. The summed E-state index contributed by atoms with van der Waals surface area (Å²) in [5.41, 5.74) is 7.49. The van der Waals surface area contributed by atoms with Crippen LogP contribution in [-0.4, -0.2) is 37.6 Å². The zero-order valence-electron chi connectivity index (χ0n) is 11.8. The van der Waals surface area contributed by atoms with Gasteiger partial charge in [0.2, 0.25) is 11.8 Å². The number of methoxy groups -OCH3 is 1. The van der Waals surface area contributed by atoms with Gasteiger partial charge in [-0.15, -0.1) is 0 Å². The molecule has 0 radical (unpaired) electrons. The predicted octanol–water partition coefficient (Wildman–Crippen LogP) is 2.09. The van der Waals surface area contributed by atoms with Gasteiger partial charge in [0.05, 0.1) is 7.11 Å². The number of nitrogens with two attached hydrogens (primary N) is 1. The van der Waals surface area contributed by atoms with Gasteiger partial charge in [-0.25, -0.2) is 9.97 Å². The van der Waals surface area contributed by atoms with E-state index >= 15 is 0 Å². The fourth-order valence-electron chi connectivity index (χ4n) is 2.97. The minimum absolute atomic E-state index is 0.250. The minimum Gasteiger partial charge on any atom is -0.479 e. The molecule has 108 valence electrons. The molecule has 2 N–H and O–H groups in total. The third-order valence-corrected chi connectivity index (χ3v) is 5.52. The van der Waals surface area contributed by atoms with Gasteiger partial charge in [0.25, 0.3) is 0 Å². The molecule has 1 saturated carbocycles. The Bertz CT molecular complexity index is 620. The smallest absolute Gasteiger partial charge is 0.245 e. The first kappa shape index (κ1) is 13.5. The van der Waals surface area contributed by atoms with Crippen LogP contribution >= 0.6 is 11.8 Å². The summed E-state index contributed by atoms with van der Waals surface area (Å²) >= 11 is 1.93. The Balaban J connectivity index is 2.05. The highest BCUT2D eigenvalue weighted by molar-refractivity contribution is 8.00. The second-order valence-electron chi connectivity index (χ2n) is 5.21. The summed E-state index contributed by atoms with van der Waals surface area (Å²) in [6.45, 7) is 0.844. The van der Waals surface area contributed by atoms with E-state index in [4.69, 9.17) is 10.5 Å². The topological polar surface area (TPSA) is 78.8 Å². The number of hydrogen-bond acceptors (Lipinski definition) is 6. The molecule has 0 saturated heterocycles. The molecular formula is C13H19N5OS. The van der Waals surface area contributed by atoms with Crippen molar-refractivity contribution in [3.63, 3.8) is 0 Å². The van der Waals surface area contributed by atoms with Crippen LogP contribution in [0.15, 0.2) is 6.33 Å². The van der Waals surface area contributed by atoms with Crippen molar-refractivity contribution < 1.29 is 4.74 Å². The summed E-state index contributed by atoms with van der Waals surface area (Å²) in [7, 11) is 1.58. The summed E-state index contributed by atoms with van der Waals surface area (Å²) in [5, 5.41) is 0. The van der Waals surface area contributed by atoms with Crippen molar-refractivity contribution in [3.8, 4) is 5.88 Å². The SMILES string of the molecule is COc1ncnc2c1nc(N)n2CC1(SC)CCCC1. The van der Waals surface area contributed by atoms with E-state index in [9.17, 15) is 0 Å². The van der Waals surface area contributed by atoms with E-state index in [-0.39, 0.29) is 4.75 Å². The van der Waals surface area contributed by atoms with Crippen molar-refractivity contribution >= 4 is 28.9 Å². The van der Waals surface area contributed by atoms with E-state index in [1.54, 1.807) is 7.11 Å². The largest absolute Gasteiger partial charge is 0.479 e. The maximum absolute atomic E-state index is 6.09. The molecule has 2 aromatic heterocycles. The molecule has 1 fully saturated rings. The number of thioether (sulfide) groups is 1. The number of anilines is 1. The van der Waals surface area contributed by atoms with Crippen LogP contribution in [0.1, 0.15) is 25.7 Å². The van der Waals surface area contributed by atoms with Crippen molar-refractivity contribution in [3.05, 3.63) is 6.33 Å². The Kier molecular flexibility index (Phi) is 3.45. The average molecular weight is 293 g/mol. The number of rotatable bonds is 4. The number of nitrogen functional groups attached to an aromatic ring is 1. The molecule has 2 aromatic rings. The predicted molar refractivity (Wildman–Crippen MR) is 81.0 cm³/mol. The van der Waals surface area contributed by atoms with Crippen LogP contribution in [0.25, 0.3) is 11.2 Å². The minimum atomic E-state index is 0.250. The lowest BCUT2D eigenvalue weighted by molar-refractivity contribution is 0.401. The number of imidazole rings is 1. The second-order valence-corrected chi connectivity index (χ2v) is 6.48. The van der Waals surface area contributed by atoms with Crippen molar-refractivity contribution in [2.75, 3.05) is 19.1 Å². The van der Waals surface area contributed by atoms with Gasteiger partial charge in [-0.05, 0) is 19.1 Å². The third kappa shape index (κ3) is 2.09. The van der Waals surface area contributed by atoms with E-state index in [0.717, 1.165) is 12.2 Å². The average Bonchev–Trinajstić information content (AvgIpc) is 3.05. The van der Waals surface area contributed by atoms with Gasteiger partial charge in [-0.3, -0.25) is 4.57 Å². The molecule has 3 rings (SSSR count). The highest BCUT2D eigenvalue weighted by Crippen LogP contribution is 2.42. The lowest BCUT2D eigenvalue weighted by Crippen LogP contribution is -2.27. The van der Waals surface area contributed by atoms with Crippen LogP contribution < -0.4 is 10.5 Å². The Hall–Kier alpha value is -1.50. The van der Waals surface area contributed by atoms with Gasteiger partial charge < -0.3 is 10.5 Å². The van der Waals surface area contributed by atoms with Crippen LogP contribution in [-0.2, 0) is 6.54 Å². The molecule has 20 heavy (non-hydrogen) atoms. The molecule has 6 nitrogen and oxygen atoms in total. The summed E-state index contributed by atoms with van der Waals surface area (Å²) in [5.74, 6) is 0.962. The van der Waals surface area contributed by atoms with Gasteiger partial charge >= 0.3 is 0 Å². The highest BCUT2D eigenvalue weighted by Gasteiger charge is 2.34.